The second-order valence-corrected chi connectivity index (χ2v) is 8.26. The predicted molar refractivity (Wildman–Crippen MR) is 111 cm³/mol. The second kappa shape index (κ2) is 8.99. The third-order valence-corrected chi connectivity index (χ3v) is 6.22. The van der Waals surface area contributed by atoms with E-state index in [4.69, 9.17) is 9.47 Å². The Kier molecular flexibility index (Phi) is 6.20. The van der Waals surface area contributed by atoms with Crippen molar-refractivity contribution >= 4 is 12.0 Å². The summed E-state index contributed by atoms with van der Waals surface area (Å²) in [6.45, 7) is 6.28. The van der Waals surface area contributed by atoms with Crippen LogP contribution >= 0.6 is 0 Å². The first-order chi connectivity index (χ1) is 13.7. The minimum absolute atomic E-state index is 0.00158. The zero-order chi connectivity index (χ0) is 19.3. The first-order valence-electron chi connectivity index (χ1n) is 10.9. The summed E-state index contributed by atoms with van der Waals surface area (Å²) >= 11 is 0. The molecule has 28 heavy (non-hydrogen) atoms. The van der Waals surface area contributed by atoms with Gasteiger partial charge in [-0.05, 0) is 50.7 Å². The molecule has 0 aromatic heterocycles. The van der Waals surface area contributed by atoms with Crippen LogP contribution in [-0.2, 0) is 4.79 Å². The summed E-state index contributed by atoms with van der Waals surface area (Å²) in [5, 5.41) is 3.23. The van der Waals surface area contributed by atoms with E-state index >= 15 is 0 Å². The number of amides is 1. The summed E-state index contributed by atoms with van der Waals surface area (Å²) in [5.74, 6) is 2.38. The molecule has 2 aliphatic heterocycles. The second-order valence-electron chi connectivity index (χ2n) is 8.26. The monoisotopic (exact) mass is 384 g/mol. The molecule has 1 aliphatic carbocycles. The summed E-state index contributed by atoms with van der Waals surface area (Å²) in [7, 11) is 0. The number of fused-ring (bicyclic) bond motifs is 1. The first kappa shape index (κ1) is 19.3. The van der Waals surface area contributed by atoms with Crippen molar-refractivity contribution in [3.8, 4) is 11.5 Å². The van der Waals surface area contributed by atoms with Crippen molar-refractivity contribution in [2.24, 2.45) is 5.92 Å². The minimum Gasteiger partial charge on any atom is -0.490 e. The molecule has 1 saturated carbocycles. The van der Waals surface area contributed by atoms with Gasteiger partial charge in [0.25, 0.3) is 5.91 Å². The van der Waals surface area contributed by atoms with E-state index in [-0.39, 0.29) is 11.9 Å². The number of carbonyl (C=O) groups is 1. The van der Waals surface area contributed by atoms with Crippen molar-refractivity contribution in [2.45, 2.75) is 51.5 Å². The SMILES string of the molecule is CCOc1cccc2c1OCC(C(=O)NC1CCN(CC3CCCC3)CC1)=C2. The van der Waals surface area contributed by atoms with E-state index < -0.39 is 0 Å². The highest BCUT2D eigenvalue weighted by Gasteiger charge is 2.26. The third-order valence-electron chi connectivity index (χ3n) is 6.22. The maximum absolute atomic E-state index is 12.7. The van der Waals surface area contributed by atoms with E-state index in [2.05, 4.69) is 10.2 Å². The number of rotatable bonds is 6. The van der Waals surface area contributed by atoms with Gasteiger partial charge in [0.2, 0.25) is 0 Å². The molecule has 1 aromatic carbocycles. The van der Waals surface area contributed by atoms with Gasteiger partial charge < -0.3 is 19.7 Å². The van der Waals surface area contributed by atoms with E-state index in [1.54, 1.807) is 0 Å². The van der Waals surface area contributed by atoms with Crippen LogP contribution in [0.2, 0.25) is 0 Å². The lowest BCUT2D eigenvalue weighted by molar-refractivity contribution is -0.118. The number of nitrogens with zero attached hydrogens (tertiary/aromatic N) is 1. The molecular formula is C23H32N2O3. The molecule has 0 atom stereocenters. The molecule has 2 heterocycles. The fourth-order valence-electron chi connectivity index (χ4n) is 4.68. The van der Waals surface area contributed by atoms with E-state index in [1.165, 1.54) is 32.2 Å². The Morgan fingerprint density at radius 3 is 2.75 bits per heavy atom. The summed E-state index contributed by atoms with van der Waals surface area (Å²) in [6.07, 6.45) is 9.63. The van der Waals surface area contributed by atoms with Gasteiger partial charge in [-0.2, -0.15) is 0 Å². The number of benzene rings is 1. The molecule has 5 nitrogen and oxygen atoms in total. The van der Waals surface area contributed by atoms with Crippen LogP contribution in [0.1, 0.15) is 51.0 Å². The zero-order valence-corrected chi connectivity index (χ0v) is 16.9. The minimum atomic E-state index is 0.00158. The van der Waals surface area contributed by atoms with Gasteiger partial charge in [0, 0.05) is 31.2 Å². The summed E-state index contributed by atoms with van der Waals surface area (Å²) in [4.78, 5) is 15.3. The number of carbonyl (C=O) groups excluding carboxylic acids is 1. The maximum Gasteiger partial charge on any atom is 0.250 e. The Morgan fingerprint density at radius 1 is 1.21 bits per heavy atom. The normalized spacial score (nSPS) is 21.0. The van der Waals surface area contributed by atoms with Gasteiger partial charge in [-0.1, -0.05) is 25.0 Å². The van der Waals surface area contributed by atoms with E-state index in [0.29, 0.717) is 18.8 Å². The van der Waals surface area contributed by atoms with Crippen LogP contribution in [-0.4, -0.2) is 49.7 Å². The Morgan fingerprint density at radius 2 is 2.00 bits per heavy atom. The highest BCUT2D eigenvalue weighted by atomic mass is 16.5. The molecular weight excluding hydrogens is 352 g/mol. The van der Waals surface area contributed by atoms with Gasteiger partial charge in [0.15, 0.2) is 11.5 Å². The maximum atomic E-state index is 12.7. The lowest BCUT2D eigenvalue weighted by Gasteiger charge is -2.34. The van der Waals surface area contributed by atoms with E-state index in [0.717, 1.165) is 48.9 Å². The quantitative estimate of drug-likeness (QED) is 0.814. The van der Waals surface area contributed by atoms with Gasteiger partial charge in [0.05, 0.1) is 12.2 Å². The predicted octanol–water partition coefficient (Wildman–Crippen LogP) is 3.63. The Bertz CT molecular complexity index is 717. The van der Waals surface area contributed by atoms with Crippen LogP contribution in [0.15, 0.2) is 23.8 Å². The van der Waals surface area contributed by atoms with Crippen molar-refractivity contribution in [3.05, 3.63) is 29.3 Å². The van der Waals surface area contributed by atoms with Crippen LogP contribution in [0, 0.1) is 5.92 Å². The van der Waals surface area contributed by atoms with Crippen LogP contribution in [0.25, 0.3) is 6.08 Å². The molecule has 0 spiro atoms. The first-order valence-corrected chi connectivity index (χ1v) is 10.9. The number of likely N-dealkylation sites (tertiary alicyclic amines) is 1. The molecule has 1 N–H and O–H groups in total. The average molecular weight is 385 g/mol. The summed E-state index contributed by atoms with van der Waals surface area (Å²) < 4.78 is 11.5. The number of nitrogens with one attached hydrogen (secondary N) is 1. The van der Waals surface area contributed by atoms with Crippen molar-refractivity contribution in [1.29, 1.82) is 0 Å². The zero-order valence-electron chi connectivity index (χ0n) is 16.9. The molecule has 1 saturated heterocycles. The number of hydrogen-bond donors (Lipinski definition) is 1. The largest absolute Gasteiger partial charge is 0.490 e. The third kappa shape index (κ3) is 4.52. The fourth-order valence-corrected chi connectivity index (χ4v) is 4.68. The molecule has 0 radical (unpaired) electrons. The van der Waals surface area contributed by atoms with Gasteiger partial charge in [-0.15, -0.1) is 0 Å². The topological polar surface area (TPSA) is 50.8 Å². The van der Waals surface area contributed by atoms with Crippen molar-refractivity contribution in [1.82, 2.24) is 10.2 Å². The molecule has 3 aliphatic rings. The summed E-state index contributed by atoms with van der Waals surface area (Å²) in [5.41, 5.74) is 1.60. The molecule has 0 bridgehead atoms. The van der Waals surface area contributed by atoms with Crippen LogP contribution in [0.4, 0.5) is 0 Å². The lowest BCUT2D eigenvalue weighted by atomic mass is 10.0. The van der Waals surface area contributed by atoms with E-state index in [1.807, 2.05) is 31.2 Å². The van der Waals surface area contributed by atoms with Crippen LogP contribution in [0.5, 0.6) is 11.5 Å². The fraction of sp³-hybridized carbons (Fsp3) is 0.609. The Hall–Kier alpha value is -2.01. The molecule has 0 unspecified atom stereocenters. The Balaban J connectivity index is 1.30. The molecule has 1 aromatic rings. The standard InChI is InChI=1S/C23H32N2O3/c1-2-27-21-9-5-8-18-14-19(16-28-22(18)21)23(26)24-20-10-12-25(13-11-20)15-17-6-3-4-7-17/h5,8-9,14,17,20H,2-4,6-7,10-13,15-16H2,1H3,(H,24,26). The van der Waals surface area contributed by atoms with Crippen molar-refractivity contribution in [3.63, 3.8) is 0 Å². The highest BCUT2D eigenvalue weighted by Crippen LogP contribution is 2.35. The van der Waals surface area contributed by atoms with Gasteiger partial charge in [0.1, 0.15) is 6.61 Å². The summed E-state index contributed by atoms with van der Waals surface area (Å²) in [6, 6.07) is 6.07. The molecule has 5 heteroatoms. The molecule has 2 fully saturated rings. The number of ether oxygens (including phenoxy) is 2. The molecule has 4 rings (SSSR count). The smallest absolute Gasteiger partial charge is 0.250 e. The average Bonchev–Trinajstić information content (AvgIpc) is 3.22. The molecule has 1 amide bonds. The lowest BCUT2D eigenvalue weighted by Crippen LogP contribution is -2.46. The van der Waals surface area contributed by atoms with Gasteiger partial charge >= 0.3 is 0 Å². The highest BCUT2D eigenvalue weighted by molar-refractivity contribution is 5.99. The van der Waals surface area contributed by atoms with E-state index in [9.17, 15) is 4.79 Å². The Labute approximate surface area is 168 Å². The van der Waals surface area contributed by atoms with Crippen molar-refractivity contribution in [2.75, 3.05) is 32.8 Å². The van der Waals surface area contributed by atoms with Gasteiger partial charge in [-0.25, -0.2) is 0 Å². The van der Waals surface area contributed by atoms with Crippen LogP contribution < -0.4 is 14.8 Å². The molecule has 152 valence electrons. The van der Waals surface area contributed by atoms with Gasteiger partial charge in [-0.3, -0.25) is 4.79 Å². The van der Waals surface area contributed by atoms with Crippen LogP contribution in [0.3, 0.4) is 0 Å². The van der Waals surface area contributed by atoms with Crippen molar-refractivity contribution < 1.29 is 14.3 Å². The number of para-hydroxylation sites is 1. The number of hydrogen-bond acceptors (Lipinski definition) is 4. The number of piperidine rings is 1.